The first kappa shape index (κ1) is 19.8. The largest absolute Gasteiger partial charge is 0.357 e. The van der Waals surface area contributed by atoms with Crippen LogP contribution in [0.15, 0.2) is 29.3 Å². The second-order valence-corrected chi connectivity index (χ2v) is 7.06. The quantitative estimate of drug-likeness (QED) is 0.580. The van der Waals surface area contributed by atoms with Gasteiger partial charge in [-0.2, -0.15) is 0 Å². The summed E-state index contributed by atoms with van der Waals surface area (Å²) in [5.74, 6) is 1.86. The smallest absolute Gasteiger partial charge is 0.193 e. The monoisotopic (exact) mass is 344 g/mol. The van der Waals surface area contributed by atoms with E-state index < -0.39 is 0 Å². The number of rotatable bonds is 8. The Hall–Kier alpha value is -1.55. The number of nitrogens with one attached hydrogen (secondary N) is 1. The van der Waals surface area contributed by atoms with E-state index in [9.17, 15) is 0 Å². The summed E-state index contributed by atoms with van der Waals surface area (Å²) in [4.78, 5) is 9.87. The zero-order valence-electron chi connectivity index (χ0n) is 16.6. The molecule has 1 saturated heterocycles. The third-order valence-corrected chi connectivity index (χ3v) is 5.11. The maximum absolute atomic E-state index is 4.88. The van der Waals surface area contributed by atoms with Gasteiger partial charge in [0.15, 0.2) is 5.96 Å². The number of nitrogens with zero attached hydrogens (tertiary/aromatic N) is 3. The van der Waals surface area contributed by atoms with E-state index in [-0.39, 0.29) is 0 Å². The molecule has 0 spiro atoms. The van der Waals surface area contributed by atoms with Crippen LogP contribution in [0.4, 0.5) is 0 Å². The first-order chi connectivity index (χ1) is 12.2. The molecule has 2 rings (SSSR count). The van der Waals surface area contributed by atoms with E-state index in [1.165, 1.54) is 24.1 Å². The van der Waals surface area contributed by atoms with Gasteiger partial charge in [0.05, 0.1) is 0 Å². The van der Waals surface area contributed by atoms with Crippen LogP contribution in [0.25, 0.3) is 0 Å². The van der Waals surface area contributed by atoms with Gasteiger partial charge >= 0.3 is 0 Å². The molecule has 1 atom stereocenters. The Bertz CT molecular complexity index is 519. The molecule has 1 aromatic rings. The van der Waals surface area contributed by atoms with Crippen LogP contribution >= 0.6 is 0 Å². The number of guanidine groups is 1. The van der Waals surface area contributed by atoms with Gasteiger partial charge in [-0.25, -0.2) is 0 Å². The Labute approximate surface area is 154 Å². The molecule has 1 aliphatic rings. The zero-order valence-corrected chi connectivity index (χ0v) is 16.6. The van der Waals surface area contributed by atoms with Crippen molar-refractivity contribution in [2.45, 2.75) is 40.5 Å². The van der Waals surface area contributed by atoms with Crippen LogP contribution in [0, 0.1) is 12.8 Å². The van der Waals surface area contributed by atoms with Crippen molar-refractivity contribution >= 4 is 5.96 Å². The molecular formula is C21H36N4. The Morgan fingerprint density at radius 2 is 1.92 bits per heavy atom. The number of hydrogen-bond donors (Lipinski definition) is 1. The number of aryl methyl sites for hydroxylation is 1. The minimum absolute atomic E-state index is 0.765. The Balaban J connectivity index is 1.87. The summed E-state index contributed by atoms with van der Waals surface area (Å²) in [5, 5.41) is 3.48. The maximum atomic E-state index is 4.88. The number of benzene rings is 1. The van der Waals surface area contributed by atoms with Crippen molar-refractivity contribution in [3.63, 3.8) is 0 Å². The van der Waals surface area contributed by atoms with E-state index in [0.29, 0.717) is 0 Å². The zero-order chi connectivity index (χ0) is 18.1. The highest BCUT2D eigenvalue weighted by Gasteiger charge is 2.25. The van der Waals surface area contributed by atoms with Crippen LogP contribution in [0.1, 0.15) is 38.3 Å². The summed E-state index contributed by atoms with van der Waals surface area (Å²) in [5.41, 5.74) is 2.68. The SMILES string of the molecule is CCNC(=NCCc1ccc(C)cc1)N1CCC(CN(CC)CC)C1. The predicted molar refractivity (Wildman–Crippen MR) is 108 cm³/mol. The molecule has 25 heavy (non-hydrogen) atoms. The van der Waals surface area contributed by atoms with Crippen LogP contribution < -0.4 is 5.32 Å². The van der Waals surface area contributed by atoms with Gasteiger partial charge in [0.1, 0.15) is 0 Å². The molecule has 1 heterocycles. The third kappa shape index (κ3) is 6.35. The summed E-state index contributed by atoms with van der Waals surface area (Å²) in [7, 11) is 0. The van der Waals surface area contributed by atoms with E-state index in [1.807, 2.05) is 0 Å². The normalized spacial score (nSPS) is 18.2. The standard InChI is InChI=1S/C21H36N4/c1-5-22-21(23-14-12-19-10-8-18(4)9-11-19)25-15-13-20(17-25)16-24(6-2)7-3/h8-11,20H,5-7,12-17H2,1-4H3,(H,22,23). The highest BCUT2D eigenvalue weighted by molar-refractivity contribution is 5.80. The van der Waals surface area contributed by atoms with Gasteiger partial charge in [-0.3, -0.25) is 4.99 Å². The number of likely N-dealkylation sites (tertiary alicyclic amines) is 1. The third-order valence-electron chi connectivity index (χ3n) is 5.11. The maximum Gasteiger partial charge on any atom is 0.193 e. The molecule has 4 heteroatoms. The molecule has 1 N–H and O–H groups in total. The Kier molecular flexibility index (Phi) is 8.26. The molecule has 1 fully saturated rings. The van der Waals surface area contributed by atoms with Crippen molar-refractivity contribution in [2.24, 2.45) is 10.9 Å². The van der Waals surface area contributed by atoms with Gasteiger partial charge < -0.3 is 15.1 Å². The predicted octanol–water partition coefficient (Wildman–Crippen LogP) is 3.17. The van der Waals surface area contributed by atoms with E-state index in [2.05, 4.69) is 67.1 Å². The van der Waals surface area contributed by atoms with Gasteiger partial charge in [-0.15, -0.1) is 0 Å². The first-order valence-corrected chi connectivity index (χ1v) is 9.97. The highest BCUT2D eigenvalue weighted by atomic mass is 15.3. The minimum atomic E-state index is 0.765. The first-order valence-electron chi connectivity index (χ1n) is 9.97. The lowest BCUT2D eigenvalue weighted by molar-refractivity contribution is 0.255. The van der Waals surface area contributed by atoms with E-state index in [1.54, 1.807) is 0 Å². The van der Waals surface area contributed by atoms with Gasteiger partial charge in [-0.1, -0.05) is 43.7 Å². The minimum Gasteiger partial charge on any atom is -0.357 e. The molecule has 0 aliphatic carbocycles. The molecule has 4 nitrogen and oxygen atoms in total. The lowest BCUT2D eigenvalue weighted by Gasteiger charge is -2.24. The lowest BCUT2D eigenvalue weighted by atomic mass is 10.1. The van der Waals surface area contributed by atoms with Crippen LogP contribution in [0.3, 0.4) is 0 Å². The van der Waals surface area contributed by atoms with Gasteiger partial charge in [-0.05, 0) is 51.3 Å². The molecule has 140 valence electrons. The van der Waals surface area contributed by atoms with Crippen molar-refractivity contribution in [1.29, 1.82) is 0 Å². The van der Waals surface area contributed by atoms with E-state index in [0.717, 1.165) is 57.6 Å². The highest BCUT2D eigenvalue weighted by Crippen LogP contribution is 2.17. The van der Waals surface area contributed by atoms with Crippen molar-refractivity contribution in [3.8, 4) is 0 Å². The molecule has 0 bridgehead atoms. The van der Waals surface area contributed by atoms with Crippen molar-refractivity contribution < 1.29 is 0 Å². The van der Waals surface area contributed by atoms with E-state index in [4.69, 9.17) is 4.99 Å². The van der Waals surface area contributed by atoms with Gasteiger partial charge in [0.25, 0.3) is 0 Å². The molecular weight excluding hydrogens is 308 g/mol. The average Bonchev–Trinajstić information content (AvgIpc) is 3.09. The Morgan fingerprint density at radius 1 is 1.20 bits per heavy atom. The van der Waals surface area contributed by atoms with Crippen molar-refractivity contribution in [3.05, 3.63) is 35.4 Å². The topological polar surface area (TPSA) is 30.9 Å². The molecule has 0 amide bonds. The lowest BCUT2D eigenvalue weighted by Crippen LogP contribution is -2.41. The van der Waals surface area contributed by atoms with Gasteiger partial charge in [0.2, 0.25) is 0 Å². The second-order valence-electron chi connectivity index (χ2n) is 7.06. The second kappa shape index (κ2) is 10.4. The fourth-order valence-corrected chi connectivity index (χ4v) is 3.49. The summed E-state index contributed by atoms with van der Waals surface area (Å²) in [6.07, 6.45) is 2.28. The van der Waals surface area contributed by atoms with Crippen LogP contribution in [0.5, 0.6) is 0 Å². The fourth-order valence-electron chi connectivity index (χ4n) is 3.49. The molecule has 1 aliphatic heterocycles. The molecule has 0 radical (unpaired) electrons. The summed E-state index contributed by atoms with van der Waals surface area (Å²) >= 11 is 0. The number of hydrogen-bond acceptors (Lipinski definition) is 2. The molecule has 1 aromatic carbocycles. The summed E-state index contributed by atoms with van der Waals surface area (Å²) in [6, 6.07) is 8.80. The molecule has 0 saturated carbocycles. The fraction of sp³-hybridized carbons (Fsp3) is 0.667. The van der Waals surface area contributed by atoms with Crippen LogP contribution in [-0.4, -0.2) is 61.6 Å². The molecule has 1 unspecified atom stereocenters. The Morgan fingerprint density at radius 3 is 2.56 bits per heavy atom. The summed E-state index contributed by atoms with van der Waals surface area (Å²) in [6.45, 7) is 16.4. The average molecular weight is 345 g/mol. The summed E-state index contributed by atoms with van der Waals surface area (Å²) < 4.78 is 0. The van der Waals surface area contributed by atoms with E-state index >= 15 is 0 Å². The van der Waals surface area contributed by atoms with Crippen LogP contribution in [-0.2, 0) is 6.42 Å². The van der Waals surface area contributed by atoms with Crippen molar-refractivity contribution in [2.75, 3.05) is 45.8 Å². The van der Waals surface area contributed by atoms with Crippen LogP contribution in [0.2, 0.25) is 0 Å². The molecule has 0 aromatic heterocycles. The van der Waals surface area contributed by atoms with Gasteiger partial charge in [0, 0.05) is 32.7 Å². The number of aliphatic imine (C=N–C) groups is 1. The van der Waals surface area contributed by atoms with Crippen molar-refractivity contribution in [1.82, 2.24) is 15.1 Å².